The Labute approximate surface area is 96.0 Å². The number of thiazole rings is 1. The van der Waals surface area contributed by atoms with Crippen LogP contribution in [0.15, 0.2) is 29.6 Å². The van der Waals surface area contributed by atoms with Crippen molar-refractivity contribution in [3.05, 3.63) is 41.2 Å². The van der Waals surface area contributed by atoms with Gasteiger partial charge >= 0.3 is 0 Å². The smallest absolute Gasteiger partial charge is 0.187 e. The van der Waals surface area contributed by atoms with Crippen molar-refractivity contribution in [3.63, 3.8) is 0 Å². The Morgan fingerprint density at radius 2 is 2.19 bits per heavy atom. The number of nitrogens with zero attached hydrogens (tertiary/aromatic N) is 1. The van der Waals surface area contributed by atoms with Crippen LogP contribution in [0, 0.1) is 5.82 Å². The van der Waals surface area contributed by atoms with Gasteiger partial charge in [-0.1, -0.05) is 12.1 Å². The third-order valence-electron chi connectivity index (χ3n) is 1.98. The molecule has 1 N–H and O–H groups in total. The van der Waals surface area contributed by atoms with Gasteiger partial charge in [-0.3, -0.25) is 4.79 Å². The molecule has 0 aliphatic carbocycles. The number of aromatic nitrogens is 1. The first-order valence-electron chi connectivity index (χ1n) is 4.65. The zero-order chi connectivity index (χ0) is 11.5. The van der Waals surface area contributed by atoms with Gasteiger partial charge in [-0.05, 0) is 12.1 Å². The Bertz CT molecular complexity index is 524. The summed E-state index contributed by atoms with van der Waals surface area (Å²) < 4.78 is 13.3. The fourth-order valence-electron chi connectivity index (χ4n) is 1.17. The Balaban J connectivity index is 2.21. The lowest BCUT2D eigenvalue weighted by atomic mass is 10.3. The summed E-state index contributed by atoms with van der Waals surface area (Å²) in [6.45, 7) is 1.45. The molecule has 0 saturated heterocycles. The van der Waals surface area contributed by atoms with Crippen molar-refractivity contribution in [2.75, 3.05) is 5.32 Å². The molecule has 3 nitrogen and oxygen atoms in total. The van der Waals surface area contributed by atoms with E-state index < -0.39 is 0 Å². The van der Waals surface area contributed by atoms with Gasteiger partial charge in [0.2, 0.25) is 0 Å². The molecule has 5 heteroatoms. The molecule has 0 radical (unpaired) electrons. The first-order valence-corrected chi connectivity index (χ1v) is 5.53. The number of halogens is 1. The van der Waals surface area contributed by atoms with E-state index in [0.29, 0.717) is 16.5 Å². The zero-order valence-electron chi connectivity index (χ0n) is 8.53. The Morgan fingerprint density at radius 1 is 1.44 bits per heavy atom. The molecule has 82 valence electrons. The molecule has 0 aliphatic heterocycles. The van der Waals surface area contributed by atoms with Crippen molar-refractivity contribution in [3.8, 4) is 0 Å². The quantitative estimate of drug-likeness (QED) is 0.832. The van der Waals surface area contributed by atoms with Crippen LogP contribution in [0.25, 0.3) is 0 Å². The third kappa shape index (κ3) is 2.25. The Morgan fingerprint density at radius 3 is 2.81 bits per heavy atom. The summed E-state index contributed by atoms with van der Waals surface area (Å²) in [6.07, 6.45) is 0. The summed E-state index contributed by atoms with van der Waals surface area (Å²) >= 11 is 1.27. The molecule has 16 heavy (non-hydrogen) atoms. The van der Waals surface area contributed by atoms with E-state index >= 15 is 0 Å². The zero-order valence-corrected chi connectivity index (χ0v) is 9.34. The highest BCUT2D eigenvalue weighted by Gasteiger charge is 2.07. The largest absolute Gasteiger partial charge is 0.329 e. The van der Waals surface area contributed by atoms with E-state index in [9.17, 15) is 9.18 Å². The predicted molar refractivity (Wildman–Crippen MR) is 61.8 cm³/mol. The van der Waals surface area contributed by atoms with Crippen LogP contribution < -0.4 is 5.32 Å². The van der Waals surface area contributed by atoms with Gasteiger partial charge in [0.05, 0.1) is 5.69 Å². The number of hydrogen-bond donors (Lipinski definition) is 1. The second-order valence-corrected chi connectivity index (χ2v) is 4.06. The SMILES string of the molecule is CC(=O)c1csc(Nc2ccccc2F)n1. The van der Waals surface area contributed by atoms with Crippen LogP contribution in [0.1, 0.15) is 17.4 Å². The Hall–Kier alpha value is -1.75. The maximum absolute atomic E-state index is 13.3. The summed E-state index contributed by atoms with van der Waals surface area (Å²) in [7, 11) is 0. The average molecular weight is 236 g/mol. The van der Waals surface area contributed by atoms with Crippen LogP contribution in [0.3, 0.4) is 0 Å². The predicted octanol–water partition coefficient (Wildman–Crippen LogP) is 3.23. The van der Waals surface area contributed by atoms with E-state index in [1.54, 1.807) is 23.6 Å². The minimum Gasteiger partial charge on any atom is -0.329 e. The number of nitrogens with one attached hydrogen (secondary N) is 1. The fraction of sp³-hybridized carbons (Fsp3) is 0.0909. The second-order valence-electron chi connectivity index (χ2n) is 3.20. The van der Waals surface area contributed by atoms with E-state index in [1.807, 2.05) is 0 Å². The highest BCUT2D eigenvalue weighted by atomic mass is 32.1. The van der Waals surface area contributed by atoms with Crippen LogP contribution in [0.2, 0.25) is 0 Å². The van der Waals surface area contributed by atoms with Crippen LogP contribution in [0.4, 0.5) is 15.2 Å². The minimum absolute atomic E-state index is 0.0992. The second kappa shape index (κ2) is 4.40. The summed E-state index contributed by atoms with van der Waals surface area (Å²) in [5.74, 6) is -0.445. The number of para-hydroxylation sites is 1. The van der Waals surface area contributed by atoms with Crippen LogP contribution in [-0.4, -0.2) is 10.8 Å². The molecule has 0 spiro atoms. The van der Waals surface area contributed by atoms with E-state index in [4.69, 9.17) is 0 Å². The highest BCUT2D eigenvalue weighted by molar-refractivity contribution is 7.14. The number of anilines is 2. The van der Waals surface area contributed by atoms with Gasteiger partial charge in [0, 0.05) is 12.3 Å². The lowest BCUT2D eigenvalue weighted by Gasteiger charge is -2.02. The van der Waals surface area contributed by atoms with Crippen LogP contribution in [-0.2, 0) is 0 Å². The number of rotatable bonds is 3. The van der Waals surface area contributed by atoms with Crippen LogP contribution in [0.5, 0.6) is 0 Å². The molecule has 2 aromatic rings. The molecule has 1 heterocycles. The van der Waals surface area contributed by atoms with Gasteiger partial charge in [0.25, 0.3) is 0 Å². The molecular weight excluding hydrogens is 227 g/mol. The molecule has 2 rings (SSSR count). The molecule has 0 unspecified atom stereocenters. The van der Waals surface area contributed by atoms with Gasteiger partial charge in [0.1, 0.15) is 11.5 Å². The fourth-order valence-corrected chi connectivity index (χ4v) is 1.93. The monoisotopic (exact) mass is 236 g/mol. The summed E-state index contributed by atoms with van der Waals surface area (Å²) in [4.78, 5) is 15.1. The number of ketones is 1. The van der Waals surface area contributed by atoms with Crippen molar-refractivity contribution in [2.24, 2.45) is 0 Å². The van der Waals surface area contributed by atoms with Gasteiger partial charge in [-0.25, -0.2) is 9.37 Å². The van der Waals surface area contributed by atoms with E-state index in [2.05, 4.69) is 10.3 Å². The first-order chi connectivity index (χ1) is 7.66. The Kier molecular flexibility index (Phi) is 2.96. The number of carbonyl (C=O) groups is 1. The van der Waals surface area contributed by atoms with E-state index in [-0.39, 0.29) is 11.6 Å². The first kappa shape index (κ1) is 10.8. The standard InChI is InChI=1S/C11H9FN2OS/c1-7(15)10-6-16-11(14-10)13-9-5-3-2-4-8(9)12/h2-6H,1H3,(H,13,14). The topological polar surface area (TPSA) is 42.0 Å². The molecular formula is C11H9FN2OS. The number of hydrogen-bond acceptors (Lipinski definition) is 4. The highest BCUT2D eigenvalue weighted by Crippen LogP contribution is 2.22. The summed E-state index contributed by atoms with van der Waals surface area (Å²) in [6, 6.07) is 6.32. The molecule has 0 aliphatic rings. The number of Topliss-reactive ketones (excluding diaryl/α,β-unsaturated/α-hetero) is 1. The van der Waals surface area contributed by atoms with E-state index in [0.717, 1.165) is 0 Å². The van der Waals surface area contributed by atoms with Crippen molar-refractivity contribution in [1.82, 2.24) is 4.98 Å². The normalized spacial score (nSPS) is 10.1. The van der Waals surface area contributed by atoms with Gasteiger partial charge in [0.15, 0.2) is 10.9 Å². The maximum Gasteiger partial charge on any atom is 0.187 e. The van der Waals surface area contributed by atoms with Gasteiger partial charge < -0.3 is 5.32 Å². The lowest BCUT2D eigenvalue weighted by molar-refractivity contribution is 0.101. The summed E-state index contributed by atoms with van der Waals surface area (Å²) in [5.41, 5.74) is 0.746. The van der Waals surface area contributed by atoms with Crippen molar-refractivity contribution >= 4 is 27.9 Å². The molecule has 1 aromatic carbocycles. The molecule has 0 saturated carbocycles. The van der Waals surface area contributed by atoms with Gasteiger partial charge in [-0.15, -0.1) is 11.3 Å². The minimum atomic E-state index is -0.345. The molecule has 0 amide bonds. The number of benzene rings is 1. The molecule has 1 aromatic heterocycles. The number of carbonyl (C=O) groups excluding carboxylic acids is 1. The van der Waals surface area contributed by atoms with Crippen molar-refractivity contribution in [2.45, 2.75) is 6.92 Å². The van der Waals surface area contributed by atoms with Crippen molar-refractivity contribution < 1.29 is 9.18 Å². The lowest BCUT2D eigenvalue weighted by Crippen LogP contribution is -1.95. The van der Waals surface area contributed by atoms with Crippen LogP contribution >= 0.6 is 11.3 Å². The molecule has 0 atom stereocenters. The van der Waals surface area contributed by atoms with Gasteiger partial charge in [-0.2, -0.15) is 0 Å². The molecule has 0 bridgehead atoms. The van der Waals surface area contributed by atoms with E-state index in [1.165, 1.54) is 24.3 Å². The van der Waals surface area contributed by atoms with Crippen molar-refractivity contribution in [1.29, 1.82) is 0 Å². The molecule has 0 fully saturated rings. The third-order valence-corrected chi connectivity index (χ3v) is 2.74. The average Bonchev–Trinajstić information content (AvgIpc) is 2.70. The maximum atomic E-state index is 13.3. The summed E-state index contributed by atoms with van der Waals surface area (Å²) in [5, 5.41) is 4.98.